The van der Waals surface area contributed by atoms with Gasteiger partial charge in [0.2, 0.25) is 0 Å². The molecule has 0 spiro atoms. The predicted octanol–water partition coefficient (Wildman–Crippen LogP) is 0.613. The first-order valence-corrected chi connectivity index (χ1v) is 8.05. The van der Waals surface area contributed by atoms with E-state index in [1.807, 2.05) is 0 Å². The number of nitrogens with one attached hydrogen (secondary N) is 3. The lowest BCUT2D eigenvalue weighted by molar-refractivity contribution is -0.152. The molecule has 0 aromatic heterocycles. The topological polar surface area (TPSA) is 106 Å². The normalized spacial score (nSPS) is 12.6. The molecule has 1 fully saturated rings. The molecule has 134 valence electrons. The van der Waals surface area contributed by atoms with E-state index in [4.69, 9.17) is 4.74 Å². The molecular formula is C17H21N3O5. The molecule has 1 aliphatic rings. The van der Waals surface area contributed by atoms with E-state index in [0.717, 1.165) is 0 Å². The molecule has 0 saturated carbocycles. The molecule has 2 rings (SSSR count). The van der Waals surface area contributed by atoms with Crippen molar-refractivity contribution in [2.45, 2.75) is 13.8 Å². The lowest BCUT2D eigenvalue weighted by Gasteiger charge is -2.15. The summed E-state index contributed by atoms with van der Waals surface area (Å²) in [7, 11) is 0. The molecule has 25 heavy (non-hydrogen) atoms. The van der Waals surface area contributed by atoms with Crippen molar-refractivity contribution in [1.82, 2.24) is 10.6 Å². The third-order valence-corrected chi connectivity index (χ3v) is 3.36. The molecule has 1 heterocycles. The van der Waals surface area contributed by atoms with E-state index in [1.165, 1.54) is 0 Å². The number of hydrogen-bond donors (Lipinski definition) is 3. The molecule has 8 nitrogen and oxygen atoms in total. The molecule has 0 aliphatic carbocycles. The van der Waals surface area contributed by atoms with Gasteiger partial charge < -0.3 is 25.4 Å². The number of anilines is 1. The molecular weight excluding hydrogens is 326 g/mol. The summed E-state index contributed by atoms with van der Waals surface area (Å²) in [5.41, 5.74) is 1.02. The van der Waals surface area contributed by atoms with Gasteiger partial charge in [-0.3, -0.25) is 4.79 Å². The molecule has 1 amide bonds. The number of para-hydroxylation sites is 1. The van der Waals surface area contributed by atoms with Gasteiger partial charge >= 0.3 is 17.8 Å². The van der Waals surface area contributed by atoms with Crippen molar-refractivity contribution in [2.24, 2.45) is 0 Å². The summed E-state index contributed by atoms with van der Waals surface area (Å²) in [6.45, 7) is 4.96. The Morgan fingerprint density at radius 2 is 1.60 bits per heavy atom. The number of rotatable bonds is 5. The monoisotopic (exact) mass is 347 g/mol. The lowest BCUT2D eigenvalue weighted by Crippen LogP contribution is -2.26. The van der Waals surface area contributed by atoms with Crippen LogP contribution in [0.3, 0.4) is 0 Å². The van der Waals surface area contributed by atoms with Crippen molar-refractivity contribution in [3.63, 3.8) is 0 Å². The smallest absolute Gasteiger partial charge is 0.397 e. The lowest BCUT2D eigenvalue weighted by atomic mass is 10.0. The Morgan fingerprint density at radius 1 is 1.00 bits per heavy atom. The van der Waals surface area contributed by atoms with Crippen molar-refractivity contribution in [3.05, 3.63) is 35.6 Å². The van der Waals surface area contributed by atoms with Gasteiger partial charge in [0.05, 0.1) is 13.2 Å². The number of ether oxygens (including phenoxy) is 2. The maximum Gasteiger partial charge on any atom is 0.397 e. The second-order valence-corrected chi connectivity index (χ2v) is 5.04. The molecule has 1 aromatic carbocycles. The van der Waals surface area contributed by atoms with Crippen molar-refractivity contribution >= 4 is 29.1 Å². The highest BCUT2D eigenvalue weighted by Gasteiger charge is 2.25. The van der Waals surface area contributed by atoms with Crippen LogP contribution in [0.4, 0.5) is 5.69 Å². The van der Waals surface area contributed by atoms with Gasteiger partial charge in [0.15, 0.2) is 0 Å². The Morgan fingerprint density at radius 3 is 2.24 bits per heavy atom. The molecule has 0 bridgehead atoms. The quantitative estimate of drug-likeness (QED) is 0.407. The minimum atomic E-state index is -0.986. The fourth-order valence-electron chi connectivity index (χ4n) is 2.34. The maximum absolute atomic E-state index is 12.4. The van der Waals surface area contributed by atoms with E-state index in [-0.39, 0.29) is 18.8 Å². The Kier molecular flexibility index (Phi) is 6.39. The summed E-state index contributed by atoms with van der Waals surface area (Å²) in [6.07, 6.45) is 0. The molecule has 8 heteroatoms. The SMILES string of the molecule is CCOC(=O)C(=O)Nc1ccccc1C(C(=O)OCC)=C1NCCN1. The minimum Gasteiger partial charge on any atom is -0.462 e. The average Bonchev–Trinajstić information content (AvgIpc) is 3.11. The van der Waals surface area contributed by atoms with E-state index in [1.54, 1.807) is 38.1 Å². The van der Waals surface area contributed by atoms with E-state index in [9.17, 15) is 14.4 Å². The molecule has 1 saturated heterocycles. The second kappa shape index (κ2) is 8.72. The van der Waals surface area contributed by atoms with Gasteiger partial charge in [0.1, 0.15) is 11.4 Å². The van der Waals surface area contributed by atoms with Gasteiger partial charge in [-0.05, 0) is 19.9 Å². The van der Waals surface area contributed by atoms with Crippen molar-refractivity contribution in [1.29, 1.82) is 0 Å². The highest BCUT2D eigenvalue weighted by atomic mass is 16.5. The number of carbonyl (C=O) groups is 3. The summed E-state index contributed by atoms with van der Waals surface area (Å²) in [5, 5.41) is 8.65. The van der Waals surface area contributed by atoms with Crippen LogP contribution in [0.25, 0.3) is 5.57 Å². The van der Waals surface area contributed by atoms with Crippen molar-refractivity contribution in [3.8, 4) is 0 Å². The highest BCUT2D eigenvalue weighted by Crippen LogP contribution is 2.27. The van der Waals surface area contributed by atoms with Crippen LogP contribution in [-0.4, -0.2) is 44.1 Å². The Bertz CT molecular complexity index is 691. The van der Waals surface area contributed by atoms with Crippen molar-refractivity contribution in [2.75, 3.05) is 31.6 Å². The van der Waals surface area contributed by atoms with E-state index in [0.29, 0.717) is 30.2 Å². The van der Waals surface area contributed by atoms with Crippen LogP contribution in [-0.2, 0) is 23.9 Å². The maximum atomic E-state index is 12.4. The van der Waals surface area contributed by atoms with Crippen LogP contribution in [0.5, 0.6) is 0 Å². The fraction of sp³-hybridized carbons (Fsp3) is 0.353. The first-order valence-electron chi connectivity index (χ1n) is 8.05. The van der Waals surface area contributed by atoms with Gasteiger partial charge in [0.25, 0.3) is 0 Å². The molecule has 0 radical (unpaired) electrons. The highest BCUT2D eigenvalue weighted by molar-refractivity contribution is 6.37. The standard InChI is InChI=1S/C17H21N3O5/c1-3-24-16(22)13(14-18-9-10-19-14)11-7-5-6-8-12(11)20-15(21)17(23)25-4-2/h5-8,18-19H,3-4,9-10H2,1-2H3,(H,20,21). The van der Waals surface area contributed by atoms with Crippen LogP contribution in [0, 0.1) is 0 Å². The van der Waals surface area contributed by atoms with Gasteiger partial charge in [0, 0.05) is 24.3 Å². The second-order valence-electron chi connectivity index (χ2n) is 5.04. The zero-order chi connectivity index (χ0) is 18.2. The van der Waals surface area contributed by atoms with E-state index >= 15 is 0 Å². The molecule has 0 atom stereocenters. The molecule has 1 aromatic rings. The third kappa shape index (κ3) is 4.50. The summed E-state index contributed by atoms with van der Waals surface area (Å²) in [4.78, 5) is 35.9. The summed E-state index contributed by atoms with van der Waals surface area (Å²) in [6, 6.07) is 6.68. The molecule has 3 N–H and O–H groups in total. The van der Waals surface area contributed by atoms with Gasteiger partial charge in [-0.15, -0.1) is 0 Å². The fourth-order valence-corrected chi connectivity index (χ4v) is 2.34. The predicted molar refractivity (Wildman–Crippen MR) is 91.3 cm³/mol. The van der Waals surface area contributed by atoms with E-state index in [2.05, 4.69) is 20.7 Å². The zero-order valence-electron chi connectivity index (χ0n) is 14.2. The van der Waals surface area contributed by atoms with E-state index < -0.39 is 17.8 Å². The van der Waals surface area contributed by atoms with Gasteiger partial charge in [-0.1, -0.05) is 18.2 Å². The zero-order valence-corrected chi connectivity index (χ0v) is 14.2. The molecule has 0 unspecified atom stereocenters. The Hall–Kier alpha value is -3.03. The first kappa shape index (κ1) is 18.3. The van der Waals surface area contributed by atoms with Gasteiger partial charge in [-0.25, -0.2) is 9.59 Å². The number of hydrogen-bond acceptors (Lipinski definition) is 7. The summed E-state index contributed by atoms with van der Waals surface area (Å²) < 4.78 is 9.82. The summed E-state index contributed by atoms with van der Waals surface area (Å²) in [5.74, 6) is -1.90. The van der Waals surface area contributed by atoms with Crippen molar-refractivity contribution < 1.29 is 23.9 Å². The van der Waals surface area contributed by atoms with Crippen LogP contribution >= 0.6 is 0 Å². The van der Waals surface area contributed by atoms with Gasteiger partial charge in [-0.2, -0.15) is 0 Å². The average molecular weight is 347 g/mol. The number of carbonyl (C=O) groups excluding carboxylic acids is 3. The number of benzene rings is 1. The number of amides is 1. The Labute approximate surface area is 145 Å². The third-order valence-electron chi connectivity index (χ3n) is 3.36. The van der Waals surface area contributed by atoms with Crippen LogP contribution in [0.1, 0.15) is 19.4 Å². The first-order chi connectivity index (χ1) is 12.1. The summed E-state index contributed by atoms with van der Waals surface area (Å²) >= 11 is 0. The number of esters is 2. The minimum absolute atomic E-state index is 0.0971. The van der Waals surface area contributed by atoms with Crippen LogP contribution in [0.2, 0.25) is 0 Å². The largest absolute Gasteiger partial charge is 0.462 e. The van der Waals surface area contributed by atoms with Crippen LogP contribution < -0.4 is 16.0 Å². The molecule has 1 aliphatic heterocycles. The Balaban J connectivity index is 2.39. The van der Waals surface area contributed by atoms with Crippen LogP contribution in [0.15, 0.2) is 30.1 Å².